The molecule has 0 saturated carbocycles. The van der Waals surface area contributed by atoms with Gasteiger partial charge in [0.15, 0.2) is 17.5 Å². The number of hydrogen-bond acceptors (Lipinski definition) is 5. The van der Waals surface area contributed by atoms with Gasteiger partial charge in [-0.25, -0.2) is 15.0 Å². The van der Waals surface area contributed by atoms with Gasteiger partial charge in [-0.1, -0.05) is 159 Å². The van der Waals surface area contributed by atoms with Crippen LogP contribution in [0.4, 0.5) is 11.4 Å². The first kappa shape index (κ1) is 40.7. The molecule has 3 aliphatic rings. The van der Waals surface area contributed by atoms with E-state index in [-0.39, 0.29) is 11.5 Å². The molecule has 4 heterocycles. The molecule has 12 aromatic rings. The molecule has 2 aliphatic carbocycles. The van der Waals surface area contributed by atoms with Crippen molar-refractivity contribution < 1.29 is 4.42 Å². The summed E-state index contributed by atoms with van der Waals surface area (Å²) >= 11 is 0. The Morgan fingerprint density at radius 3 is 1.90 bits per heavy atom. The Balaban J connectivity index is 0.876. The third-order valence-corrected chi connectivity index (χ3v) is 15.6. The van der Waals surface area contributed by atoms with Crippen LogP contribution in [0.25, 0.3) is 106 Å². The van der Waals surface area contributed by atoms with E-state index in [9.17, 15) is 0 Å². The van der Waals surface area contributed by atoms with Crippen molar-refractivity contribution in [3.8, 4) is 51.0 Å². The second-order valence-corrected chi connectivity index (χ2v) is 19.9. The number of anilines is 2. The third kappa shape index (κ3) is 6.12. The van der Waals surface area contributed by atoms with Crippen molar-refractivity contribution in [1.82, 2.24) is 19.5 Å². The molecule has 6 heteroatoms. The topological polar surface area (TPSA) is 60.0 Å². The molecule has 3 aromatic heterocycles. The Kier molecular flexibility index (Phi) is 8.73. The Bertz CT molecular complexity index is 4230. The highest BCUT2D eigenvalue weighted by atomic mass is 16.3. The first-order chi connectivity index (χ1) is 35.4. The molecular weight excluding hydrogens is 879 g/mol. The van der Waals surface area contributed by atoms with Crippen molar-refractivity contribution in [3.63, 3.8) is 0 Å². The smallest absolute Gasteiger partial charge is 0.164 e. The maximum absolute atomic E-state index is 6.24. The monoisotopic (exact) mass is 923 g/mol. The SMILES string of the molecule is CC1(C)C2=C(C=C3c4cc(-c5ccc6c(c5)c5ccccc5n6-c5ccc6oc7ccccc7c6c5)ccc4N(c4cccc(-c5nc(-c6ccccc6)nc(-c6ccccc6)n5)c4)C3C2)c2ccccc21. The second-order valence-electron chi connectivity index (χ2n) is 19.9. The van der Waals surface area contributed by atoms with Crippen LogP contribution < -0.4 is 4.90 Å². The lowest BCUT2D eigenvalue weighted by molar-refractivity contribution is 0.592. The minimum absolute atomic E-state index is 0.0843. The van der Waals surface area contributed by atoms with E-state index < -0.39 is 0 Å². The van der Waals surface area contributed by atoms with Gasteiger partial charge in [0.25, 0.3) is 0 Å². The highest BCUT2D eigenvalue weighted by molar-refractivity contribution is 6.12. The summed E-state index contributed by atoms with van der Waals surface area (Å²) in [5.41, 5.74) is 20.9. The highest BCUT2D eigenvalue weighted by Crippen LogP contribution is 2.58. The molecule has 1 aliphatic heterocycles. The lowest BCUT2D eigenvalue weighted by Gasteiger charge is -2.34. The van der Waals surface area contributed by atoms with E-state index in [1.165, 1.54) is 72.0 Å². The Morgan fingerprint density at radius 2 is 1.10 bits per heavy atom. The number of para-hydroxylation sites is 2. The maximum Gasteiger partial charge on any atom is 0.164 e. The van der Waals surface area contributed by atoms with E-state index in [4.69, 9.17) is 19.4 Å². The zero-order valence-electron chi connectivity index (χ0n) is 39.7. The van der Waals surface area contributed by atoms with Crippen molar-refractivity contribution in [3.05, 3.63) is 241 Å². The van der Waals surface area contributed by atoms with Crippen molar-refractivity contribution in [1.29, 1.82) is 0 Å². The van der Waals surface area contributed by atoms with E-state index in [0.29, 0.717) is 17.5 Å². The van der Waals surface area contributed by atoms with E-state index >= 15 is 0 Å². The summed E-state index contributed by atoms with van der Waals surface area (Å²) in [7, 11) is 0. The van der Waals surface area contributed by atoms with Crippen LogP contribution in [0.5, 0.6) is 0 Å². The van der Waals surface area contributed by atoms with Crippen LogP contribution in [0.2, 0.25) is 0 Å². The standard InChI is InChI=1S/C66H45N5O/c1-66(2)55-25-12-9-22-47(55)50-38-53-52-36-43(42-28-31-58-51(35-42)48-23-10-13-26-57(48)70(58)46-30-33-62-54(37-46)49-24-11-14-27-61(49)72-62)29-32-59(52)71(60(53)39-56(50)66)45-21-15-20-44(34-45)65-68-63(40-16-5-3-6-17-40)67-64(69-65)41-18-7-4-8-19-41/h3-38,60H,39H2,1-2H3. The molecule has 15 rings (SSSR count). The van der Waals surface area contributed by atoms with Crippen LogP contribution in [0, 0.1) is 0 Å². The van der Waals surface area contributed by atoms with Crippen molar-refractivity contribution >= 4 is 66.3 Å². The van der Waals surface area contributed by atoms with Gasteiger partial charge in [0.2, 0.25) is 0 Å². The molecule has 72 heavy (non-hydrogen) atoms. The van der Waals surface area contributed by atoms with Crippen molar-refractivity contribution in [2.45, 2.75) is 31.7 Å². The number of aromatic nitrogens is 4. The highest BCUT2D eigenvalue weighted by Gasteiger charge is 2.45. The summed E-state index contributed by atoms with van der Waals surface area (Å²) in [5.74, 6) is 1.94. The van der Waals surface area contributed by atoms with E-state index in [1.807, 2.05) is 48.5 Å². The van der Waals surface area contributed by atoms with Crippen LogP contribution in [0.3, 0.4) is 0 Å². The number of furan rings is 1. The summed E-state index contributed by atoms with van der Waals surface area (Å²) in [5, 5.41) is 4.69. The molecule has 0 fully saturated rings. The quantitative estimate of drug-likeness (QED) is 0.166. The molecule has 9 aromatic carbocycles. The number of nitrogens with zero attached hydrogens (tertiary/aromatic N) is 5. The predicted molar refractivity (Wildman–Crippen MR) is 295 cm³/mol. The maximum atomic E-state index is 6.24. The molecule has 1 atom stereocenters. The van der Waals surface area contributed by atoms with Crippen LogP contribution in [-0.4, -0.2) is 25.6 Å². The minimum Gasteiger partial charge on any atom is -0.456 e. The average Bonchev–Trinajstić information content (AvgIpc) is 4.15. The normalized spacial score (nSPS) is 15.6. The van der Waals surface area contributed by atoms with Gasteiger partial charge in [-0.05, 0) is 118 Å². The van der Waals surface area contributed by atoms with Crippen LogP contribution in [-0.2, 0) is 5.41 Å². The third-order valence-electron chi connectivity index (χ3n) is 15.6. The molecule has 6 nitrogen and oxygen atoms in total. The Labute approximate surface area is 416 Å². The molecule has 0 saturated heterocycles. The summed E-state index contributed by atoms with van der Waals surface area (Å²) in [6, 6.07) is 76.0. The van der Waals surface area contributed by atoms with Gasteiger partial charge in [0.1, 0.15) is 11.2 Å². The molecule has 0 spiro atoms. The number of rotatable bonds is 6. The average molecular weight is 924 g/mol. The van der Waals surface area contributed by atoms with Crippen LogP contribution in [0.15, 0.2) is 228 Å². The van der Waals surface area contributed by atoms with E-state index in [2.05, 4.69) is 193 Å². The van der Waals surface area contributed by atoms with Gasteiger partial charge in [-0.2, -0.15) is 0 Å². The Morgan fingerprint density at radius 1 is 0.458 bits per heavy atom. The zero-order valence-corrected chi connectivity index (χ0v) is 39.7. The molecule has 0 bridgehead atoms. The molecule has 0 amide bonds. The van der Waals surface area contributed by atoms with Crippen LogP contribution >= 0.6 is 0 Å². The molecular formula is C66H45N5O. The molecule has 340 valence electrons. The van der Waals surface area contributed by atoms with Gasteiger partial charge in [0, 0.05) is 66.3 Å². The summed E-state index contributed by atoms with van der Waals surface area (Å²) in [6.07, 6.45) is 3.43. The fraction of sp³-hybridized carbons (Fsp3) is 0.0758. The van der Waals surface area contributed by atoms with Gasteiger partial charge < -0.3 is 13.9 Å². The van der Waals surface area contributed by atoms with E-state index in [0.717, 1.165) is 56.4 Å². The van der Waals surface area contributed by atoms with Gasteiger partial charge in [0.05, 0.1) is 17.1 Å². The van der Waals surface area contributed by atoms with Gasteiger partial charge >= 0.3 is 0 Å². The number of allylic oxidation sites excluding steroid dienone is 2. The zero-order chi connectivity index (χ0) is 47.7. The summed E-state index contributed by atoms with van der Waals surface area (Å²) in [4.78, 5) is 17.8. The molecule has 1 unspecified atom stereocenters. The fourth-order valence-electron chi connectivity index (χ4n) is 12.2. The van der Waals surface area contributed by atoms with E-state index in [1.54, 1.807) is 0 Å². The Hall–Kier alpha value is -9.13. The summed E-state index contributed by atoms with van der Waals surface area (Å²) < 4.78 is 8.64. The largest absolute Gasteiger partial charge is 0.456 e. The molecule has 0 radical (unpaired) electrons. The first-order valence-electron chi connectivity index (χ1n) is 24.8. The first-order valence-corrected chi connectivity index (χ1v) is 24.8. The number of benzene rings is 9. The number of hydrogen-bond donors (Lipinski definition) is 0. The summed E-state index contributed by atoms with van der Waals surface area (Å²) in [6.45, 7) is 4.80. The molecule has 0 N–H and O–H groups in total. The lowest BCUT2D eigenvalue weighted by Crippen LogP contribution is -2.31. The number of fused-ring (bicyclic) bond motifs is 11. The predicted octanol–water partition coefficient (Wildman–Crippen LogP) is 16.6. The lowest BCUT2D eigenvalue weighted by atomic mass is 9.76. The fourth-order valence-corrected chi connectivity index (χ4v) is 12.2. The van der Waals surface area contributed by atoms with Crippen molar-refractivity contribution in [2.75, 3.05) is 4.90 Å². The minimum atomic E-state index is -0.0966. The van der Waals surface area contributed by atoms with Crippen LogP contribution in [0.1, 0.15) is 37.0 Å². The van der Waals surface area contributed by atoms with Gasteiger partial charge in [-0.3, -0.25) is 0 Å². The second kappa shape index (κ2) is 15.4. The van der Waals surface area contributed by atoms with Crippen molar-refractivity contribution in [2.24, 2.45) is 0 Å². The van der Waals surface area contributed by atoms with Gasteiger partial charge in [-0.15, -0.1) is 0 Å².